The van der Waals surface area contributed by atoms with Crippen molar-refractivity contribution < 1.29 is 0 Å². The summed E-state index contributed by atoms with van der Waals surface area (Å²) in [6.45, 7) is 6.45. The Morgan fingerprint density at radius 3 is 2.71 bits per heavy atom. The standard InChI is InChI=1S/C11H15N3/c1-11(2,3)10-13-7-9-6-8(12)4-5-14(9)10/h4-7H,12H2,1-3H3. The van der Waals surface area contributed by atoms with E-state index in [-0.39, 0.29) is 5.41 Å². The van der Waals surface area contributed by atoms with Crippen molar-refractivity contribution in [2.45, 2.75) is 26.2 Å². The van der Waals surface area contributed by atoms with E-state index in [2.05, 4.69) is 30.2 Å². The highest BCUT2D eigenvalue weighted by molar-refractivity contribution is 5.56. The van der Waals surface area contributed by atoms with Crippen LogP contribution in [0.25, 0.3) is 5.52 Å². The lowest BCUT2D eigenvalue weighted by atomic mass is 9.96. The van der Waals surface area contributed by atoms with Gasteiger partial charge in [-0.2, -0.15) is 0 Å². The average Bonchev–Trinajstić information content (AvgIpc) is 2.45. The fourth-order valence-corrected chi connectivity index (χ4v) is 1.57. The van der Waals surface area contributed by atoms with E-state index in [1.807, 2.05) is 24.5 Å². The largest absolute Gasteiger partial charge is 0.399 e. The highest BCUT2D eigenvalue weighted by Crippen LogP contribution is 2.22. The number of imidazole rings is 1. The van der Waals surface area contributed by atoms with Crippen LogP contribution in [0.3, 0.4) is 0 Å². The highest BCUT2D eigenvalue weighted by atomic mass is 15.0. The molecule has 0 saturated carbocycles. The Morgan fingerprint density at radius 2 is 2.07 bits per heavy atom. The number of pyridine rings is 1. The Labute approximate surface area is 83.6 Å². The summed E-state index contributed by atoms with van der Waals surface area (Å²) >= 11 is 0. The molecule has 3 nitrogen and oxygen atoms in total. The van der Waals surface area contributed by atoms with E-state index in [0.717, 1.165) is 17.0 Å². The Balaban J connectivity index is 2.70. The average molecular weight is 189 g/mol. The highest BCUT2D eigenvalue weighted by Gasteiger charge is 2.19. The Morgan fingerprint density at radius 1 is 1.36 bits per heavy atom. The molecule has 0 atom stereocenters. The SMILES string of the molecule is CC(C)(C)c1ncc2cc(N)ccn12. The maximum atomic E-state index is 5.70. The van der Waals surface area contributed by atoms with Crippen molar-refractivity contribution >= 4 is 11.2 Å². The van der Waals surface area contributed by atoms with Gasteiger partial charge in [-0.15, -0.1) is 0 Å². The fourth-order valence-electron chi connectivity index (χ4n) is 1.57. The molecule has 0 spiro atoms. The fraction of sp³-hybridized carbons (Fsp3) is 0.364. The van der Waals surface area contributed by atoms with Gasteiger partial charge in [-0.05, 0) is 12.1 Å². The van der Waals surface area contributed by atoms with E-state index in [4.69, 9.17) is 5.73 Å². The van der Waals surface area contributed by atoms with E-state index in [0.29, 0.717) is 0 Å². The van der Waals surface area contributed by atoms with Crippen molar-refractivity contribution in [2.24, 2.45) is 0 Å². The van der Waals surface area contributed by atoms with Crippen LogP contribution < -0.4 is 5.73 Å². The molecular formula is C11H15N3. The summed E-state index contributed by atoms with van der Waals surface area (Å²) in [5.41, 5.74) is 7.59. The van der Waals surface area contributed by atoms with E-state index in [1.54, 1.807) is 0 Å². The van der Waals surface area contributed by atoms with Crippen molar-refractivity contribution in [3.05, 3.63) is 30.4 Å². The van der Waals surface area contributed by atoms with Crippen LogP contribution in [0.5, 0.6) is 0 Å². The molecule has 2 heterocycles. The first-order chi connectivity index (χ1) is 6.48. The number of anilines is 1. The number of rotatable bonds is 0. The van der Waals surface area contributed by atoms with Gasteiger partial charge in [0, 0.05) is 17.3 Å². The van der Waals surface area contributed by atoms with Gasteiger partial charge in [-0.1, -0.05) is 20.8 Å². The molecular weight excluding hydrogens is 174 g/mol. The normalized spacial score (nSPS) is 12.2. The third-order valence-corrected chi connectivity index (χ3v) is 2.23. The first kappa shape index (κ1) is 9.06. The van der Waals surface area contributed by atoms with Crippen molar-refractivity contribution in [1.29, 1.82) is 0 Å². The Bertz CT molecular complexity index is 463. The van der Waals surface area contributed by atoms with E-state index in [9.17, 15) is 0 Å². The van der Waals surface area contributed by atoms with Crippen molar-refractivity contribution in [2.75, 3.05) is 5.73 Å². The minimum Gasteiger partial charge on any atom is -0.399 e. The van der Waals surface area contributed by atoms with E-state index in [1.165, 1.54) is 0 Å². The van der Waals surface area contributed by atoms with Gasteiger partial charge in [0.15, 0.2) is 0 Å². The predicted molar refractivity (Wildman–Crippen MR) is 58.3 cm³/mol. The first-order valence-corrected chi connectivity index (χ1v) is 4.71. The van der Waals surface area contributed by atoms with Crippen molar-refractivity contribution in [1.82, 2.24) is 9.38 Å². The van der Waals surface area contributed by atoms with Crippen LogP contribution >= 0.6 is 0 Å². The molecule has 2 aromatic heterocycles. The number of nitrogen functional groups attached to an aromatic ring is 1. The zero-order chi connectivity index (χ0) is 10.3. The van der Waals surface area contributed by atoms with Crippen LogP contribution in [0.2, 0.25) is 0 Å². The third kappa shape index (κ3) is 1.35. The number of hydrogen-bond donors (Lipinski definition) is 1. The zero-order valence-electron chi connectivity index (χ0n) is 8.78. The number of nitrogens with two attached hydrogens (primary N) is 1. The monoisotopic (exact) mass is 189 g/mol. The molecule has 2 N–H and O–H groups in total. The molecule has 3 heteroatoms. The van der Waals surface area contributed by atoms with Gasteiger partial charge < -0.3 is 10.1 Å². The third-order valence-electron chi connectivity index (χ3n) is 2.23. The Kier molecular flexibility index (Phi) is 1.77. The molecule has 0 aliphatic carbocycles. The quantitative estimate of drug-likeness (QED) is 0.690. The van der Waals surface area contributed by atoms with Crippen molar-refractivity contribution in [3.63, 3.8) is 0 Å². The second kappa shape index (κ2) is 2.74. The summed E-state index contributed by atoms with van der Waals surface area (Å²) in [6.07, 6.45) is 3.83. The summed E-state index contributed by atoms with van der Waals surface area (Å²) in [7, 11) is 0. The second-order valence-corrected chi connectivity index (χ2v) is 4.59. The van der Waals surface area contributed by atoms with Gasteiger partial charge in [0.25, 0.3) is 0 Å². The summed E-state index contributed by atoms with van der Waals surface area (Å²) in [5, 5.41) is 0. The van der Waals surface area contributed by atoms with E-state index < -0.39 is 0 Å². The van der Waals surface area contributed by atoms with E-state index >= 15 is 0 Å². The topological polar surface area (TPSA) is 43.3 Å². The van der Waals surface area contributed by atoms with Crippen LogP contribution in [0.15, 0.2) is 24.5 Å². The number of aromatic nitrogens is 2. The number of fused-ring (bicyclic) bond motifs is 1. The summed E-state index contributed by atoms with van der Waals surface area (Å²) in [4.78, 5) is 4.42. The molecule has 2 aromatic rings. The molecule has 74 valence electrons. The van der Waals surface area contributed by atoms with Gasteiger partial charge >= 0.3 is 0 Å². The van der Waals surface area contributed by atoms with Crippen LogP contribution in [0, 0.1) is 0 Å². The van der Waals surface area contributed by atoms with Crippen LogP contribution in [-0.4, -0.2) is 9.38 Å². The van der Waals surface area contributed by atoms with Crippen LogP contribution in [0.1, 0.15) is 26.6 Å². The zero-order valence-corrected chi connectivity index (χ0v) is 8.78. The number of nitrogens with zero attached hydrogens (tertiary/aromatic N) is 2. The molecule has 0 aliphatic heterocycles. The van der Waals surface area contributed by atoms with Crippen LogP contribution in [0.4, 0.5) is 5.69 Å². The smallest absolute Gasteiger partial charge is 0.118 e. The molecule has 0 bridgehead atoms. The van der Waals surface area contributed by atoms with Gasteiger partial charge in [0.05, 0.1) is 11.7 Å². The molecule has 14 heavy (non-hydrogen) atoms. The molecule has 2 rings (SSSR count). The molecule has 0 unspecified atom stereocenters. The lowest BCUT2D eigenvalue weighted by Crippen LogP contribution is -2.15. The van der Waals surface area contributed by atoms with Gasteiger partial charge in [-0.3, -0.25) is 0 Å². The van der Waals surface area contributed by atoms with Gasteiger partial charge in [0.2, 0.25) is 0 Å². The summed E-state index contributed by atoms with van der Waals surface area (Å²) in [5.74, 6) is 1.06. The molecule has 0 saturated heterocycles. The minimum atomic E-state index is 0.0581. The van der Waals surface area contributed by atoms with Gasteiger partial charge in [-0.25, -0.2) is 4.98 Å². The molecule has 0 aromatic carbocycles. The molecule has 0 radical (unpaired) electrons. The maximum absolute atomic E-state index is 5.70. The van der Waals surface area contributed by atoms with Gasteiger partial charge in [0.1, 0.15) is 5.82 Å². The number of hydrogen-bond acceptors (Lipinski definition) is 2. The molecule has 0 fully saturated rings. The second-order valence-electron chi connectivity index (χ2n) is 4.59. The summed E-state index contributed by atoms with van der Waals surface area (Å²) < 4.78 is 2.08. The summed E-state index contributed by atoms with van der Waals surface area (Å²) in [6, 6.07) is 3.83. The first-order valence-electron chi connectivity index (χ1n) is 4.71. The maximum Gasteiger partial charge on any atom is 0.118 e. The lowest BCUT2D eigenvalue weighted by Gasteiger charge is -2.16. The predicted octanol–water partition coefficient (Wildman–Crippen LogP) is 2.21. The lowest BCUT2D eigenvalue weighted by molar-refractivity contribution is 0.543. The molecule has 0 amide bonds. The minimum absolute atomic E-state index is 0.0581. The van der Waals surface area contributed by atoms with Crippen molar-refractivity contribution in [3.8, 4) is 0 Å². The van der Waals surface area contributed by atoms with Crippen LogP contribution in [-0.2, 0) is 5.41 Å². The Hall–Kier alpha value is -1.51. The molecule has 0 aliphatic rings.